The lowest BCUT2D eigenvalue weighted by atomic mass is 10.0. The summed E-state index contributed by atoms with van der Waals surface area (Å²) in [5.74, 6) is 1.11. The monoisotopic (exact) mass is 361 g/mol. The van der Waals surface area contributed by atoms with Crippen LogP contribution in [0.1, 0.15) is 18.0 Å². The van der Waals surface area contributed by atoms with Crippen LogP contribution in [0.3, 0.4) is 0 Å². The van der Waals surface area contributed by atoms with E-state index in [1.165, 1.54) is 0 Å². The van der Waals surface area contributed by atoms with Crippen LogP contribution in [0.25, 0.3) is 0 Å². The summed E-state index contributed by atoms with van der Waals surface area (Å²) in [5, 5.41) is 3.58. The SMILES string of the molecule is COc1cc(NC(=O)C2CC(c3ccc(Cl)cc3)NN2)cc(OC)c1. The summed E-state index contributed by atoms with van der Waals surface area (Å²) in [4.78, 5) is 12.5. The van der Waals surface area contributed by atoms with Gasteiger partial charge in [0.2, 0.25) is 5.91 Å². The predicted octanol–water partition coefficient (Wildman–Crippen LogP) is 2.90. The van der Waals surface area contributed by atoms with Gasteiger partial charge >= 0.3 is 0 Å². The van der Waals surface area contributed by atoms with Gasteiger partial charge in [0, 0.05) is 35.0 Å². The summed E-state index contributed by atoms with van der Waals surface area (Å²) in [5.41, 5.74) is 7.89. The van der Waals surface area contributed by atoms with Crippen molar-refractivity contribution in [2.24, 2.45) is 0 Å². The van der Waals surface area contributed by atoms with Crippen LogP contribution < -0.4 is 25.6 Å². The van der Waals surface area contributed by atoms with E-state index in [9.17, 15) is 4.79 Å². The van der Waals surface area contributed by atoms with E-state index in [4.69, 9.17) is 21.1 Å². The van der Waals surface area contributed by atoms with E-state index in [1.54, 1.807) is 32.4 Å². The number of methoxy groups -OCH3 is 2. The molecule has 0 saturated carbocycles. The van der Waals surface area contributed by atoms with Gasteiger partial charge in [-0.3, -0.25) is 4.79 Å². The van der Waals surface area contributed by atoms with Crippen molar-refractivity contribution in [2.45, 2.75) is 18.5 Å². The fourth-order valence-electron chi connectivity index (χ4n) is 2.75. The Morgan fingerprint density at radius 3 is 2.32 bits per heavy atom. The topological polar surface area (TPSA) is 71.6 Å². The van der Waals surface area contributed by atoms with Gasteiger partial charge in [-0.15, -0.1) is 0 Å². The zero-order valence-corrected chi connectivity index (χ0v) is 14.8. The standard InChI is InChI=1S/C18H20ClN3O3/c1-24-14-7-13(8-15(9-14)25-2)20-18(23)17-10-16(21-22-17)11-3-5-12(19)6-4-11/h3-9,16-17,21-22H,10H2,1-2H3,(H,20,23). The average Bonchev–Trinajstić information content (AvgIpc) is 3.12. The lowest BCUT2D eigenvalue weighted by Gasteiger charge is -2.13. The van der Waals surface area contributed by atoms with Crippen molar-refractivity contribution in [2.75, 3.05) is 19.5 Å². The second-order valence-electron chi connectivity index (χ2n) is 5.77. The molecule has 1 amide bonds. The van der Waals surface area contributed by atoms with E-state index in [-0.39, 0.29) is 18.0 Å². The molecule has 132 valence electrons. The van der Waals surface area contributed by atoms with Crippen molar-refractivity contribution in [1.29, 1.82) is 0 Å². The summed E-state index contributed by atoms with van der Waals surface area (Å²) < 4.78 is 10.4. The molecule has 2 aromatic carbocycles. The molecular weight excluding hydrogens is 342 g/mol. The van der Waals surface area contributed by atoms with Crippen LogP contribution in [0, 0.1) is 0 Å². The highest BCUT2D eigenvalue weighted by Crippen LogP contribution is 2.27. The largest absolute Gasteiger partial charge is 0.497 e. The molecule has 25 heavy (non-hydrogen) atoms. The number of anilines is 1. The maximum Gasteiger partial charge on any atom is 0.242 e. The van der Waals surface area contributed by atoms with Crippen molar-refractivity contribution < 1.29 is 14.3 Å². The molecule has 1 saturated heterocycles. The van der Waals surface area contributed by atoms with Crippen LogP contribution in [-0.2, 0) is 4.79 Å². The van der Waals surface area contributed by atoms with Crippen LogP contribution in [0.2, 0.25) is 5.02 Å². The second-order valence-corrected chi connectivity index (χ2v) is 6.21. The van der Waals surface area contributed by atoms with Crippen molar-refractivity contribution in [3.63, 3.8) is 0 Å². The first-order chi connectivity index (χ1) is 12.1. The molecule has 3 N–H and O–H groups in total. The minimum Gasteiger partial charge on any atom is -0.497 e. The number of nitrogens with one attached hydrogen (secondary N) is 3. The van der Waals surface area contributed by atoms with E-state index in [1.807, 2.05) is 24.3 Å². The number of ether oxygens (including phenoxy) is 2. The fraction of sp³-hybridized carbons (Fsp3) is 0.278. The van der Waals surface area contributed by atoms with E-state index < -0.39 is 0 Å². The highest BCUT2D eigenvalue weighted by atomic mass is 35.5. The van der Waals surface area contributed by atoms with Gasteiger partial charge in [-0.25, -0.2) is 10.9 Å². The number of halogens is 1. The Morgan fingerprint density at radius 2 is 1.72 bits per heavy atom. The quantitative estimate of drug-likeness (QED) is 0.763. The van der Waals surface area contributed by atoms with Gasteiger partial charge in [0.1, 0.15) is 17.5 Å². The number of hydrogen-bond donors (Lipinski definition) is 3. The molecule has 0 bridgehead atoms. The third kappa shape index (κ3) is 4.22. The molecule has 1 fully saturated rings. The van der Waals surface area contributed by atoms with Crippen LogP contribution in [-0.4, -0.2) is 26.2 Å². The normalized spacial score (nSPS) is 19.5. The highest BCUT2D eigenvalue weighted by molar-refractivity contribution is 6.30. The van der Waals surface area contributed by atoms with Gasteiger partial charge in [0.25, 0.3) is 0 Å². The molecule has 0 aliphatic carbocycles. The van der Waals surface area contributed by atoms with E-state index >= 15 is 0 Å². The van der Waals surface area contributed by atoms with Gasteiger partial charge < -0.3 is 14.8 Å². The zero-order chi connectivity index (χ0) is 17.8. The van der Waals surface area contributed by atoms with Crippen LogP contribution in [0.4, 0.5) is 5.69 Å². The third-order valence-corrected chi connectivity index (χ3v) is 4.36. The van der Waals surface area contributed by atoms with Gasteiger partial charge in [-0.1, -0.05) is 23.7 Å². The Kier molecular flexibility index (Phi) is 5.43. The molecular formula is C18H20ClN3O3. The summed E-state index contributed by atoms with van der Waals surface area (Å²) in [6.07, 6.45) is 0.634. The molecule has 1 aliphatic rings. The molecule has 0 spiro atoms. The van der Waals surface area contributed by atoms with Crippen molar-refractivity contribution in [3.8, 4) is 11.5 Å². The number of hydrazine groups is 1. The Bertz CT molecular complexity index is 729. The second kappa shape index (κ2) is 7.74. The van der Waals surface area contributed by atoms with E-state index in [0.717, 1.165) is 5.56 Å². The molecule has 0 aromatic heterocycles. The first kappa shape index (κ1) is 17.5. The minimum absolute atomic E-state index is 0.0489. The number of carbonyl (C=O) groups excluding carboxylic acids is 1. The molecule has 1 heterocycles. The molecule has 2 aromatic rings. The highest BCUT2D eigenvalue weighted by Gasteiger charge is 2.30. The molecule has 6 nitrogen and oxygen atoms in total. The lowest BCUT2D eigenvalue weighted by Crippen LogP contribution is -2.39. The number of rotatable bonds is 5. The Balaban J connectivity index is 1.65. The third-order valence-electron chi connectivity index (χ3n) is 4.11. The van der Waals surface area contributed by atoms with Crippen molar-refractivity contribution in [1.82, 2.24) is 10.9 Å². The van der Waals surface area contributed by atoms with Gasteiger partial charge in [0.15, 0.2) is 0 Å². The summed E-state index contributed by atoms with van der Waals surface area (Å²) >= 11 is 5.92. The Labute approximate surface area is 151 Å². The summed E-state index contributed by atoms with van der Waals surface area (Å²) in [7, 11) is 3.14. The van der Waals surface area contributed by atoms with Crippen molar-refractivity contribution in [3.05, 3.63) is 53.1 Å². The zero-order valence-electron chi connectivity index (χ0n) is 14.0. The number of carbonyl (C=O) groups is 1. The lowest BCUT2D eigenvalue weighted by molar-refractivity contribution is -0.117. The van der Waals surface area contributed by atoms with Gasteiger partial charge in [-0.05, 0) is 24.1 Å². The number of benzene rings is 2. The van der Waals surface area contributed by atoms with Crippen molar-refractivity contribution >= 4 is 23.2 Å². The van der Waals surface area contributed by atoms with Crippen LogP contribution in [0.5, 0.6) is 11.5 Å². The average molecular weight is 362 g/mol. The van der Waals surface area contributed by atoms with E-state index in [0.29, 0.717) is 28.6 Å². The fourth-order valence-corrected chi connectivity index (χ4v) is 2.88. The molecule has 1 aliphatic heterocycles. The van der Waals surface area contributed by atoms with Gasteiger partial charge in [0.05, 0.1) is 14.2 Å². The molecule has 2 atom stereocenters. The van der Waals surface area contributed by atoms with Crippen LogP contribution in [0.15, 0.2) is 42.5 Å². The first-order valence-corrected chi connectivity index (χ1v) is 8.27. The maximum absolute atomic E-state index is 12.5. The predicted molar refractivity (Wildman–Crippen MR) is 97.0 cm³/mol. The smallest absolute Gasteiger partial charge is 0.242 e. The van der Waals surface area contributed by atoms with Crippen LogP contribution >= 0.6 is 11.6 Å². The Morgan fingerprint density at radius 1 is 1.08 bits per heavy atom. The van der Waals surface area contributed by atoms with Gasteiger partial charge in [-0.2, -0.15) is 0 Å². The number of amides is 1. The molecule has 2 unspecified atom stereocenters. The summed E-state index contributed by atoms with van der Waals surface area (Å²) in [6.45, 7) is 0. The summed E-state index contributed by atoms with van der Waals surface area (Å²) in [6, 6.07) is 12.5. The molecule has 3 rings (SSSR count). The molecule has 7 heteroatoms. The minimum atomic E-state index is -0.349. The van der Waals surface area contributed by atoms with E-state index in [2.05, 4.69) is 16.2 Å². The number of hydrogen-bond acceptors (Lipinski definition) is 5. The Hall–Kier alpha value is -2.28. The molecule has 0 radical (unpaired) electrons. The first-order valence-electron chi connectivity index (χ1n) is 7.89. The maximum atomic E-state index is 12.5.